The van der Waals surface area contributed by atoms with Gasteiger partial charge in [0, 0.05) is 6.04 Å². The molecule has 2 aliphatic rings. The predicted molar refractivity (Wildman–Crippen MR) is 64.1 cm³/mol. The second-order valence-electron chi connectivity index (χ2n) is 5.46. The zero-order valence-electron chi connectivity index (χ0n) is 10.8. The number of carboxylic acids is 1. The van der Waals surface area contributed by atoms with E-state index in [-0.39, 0.29) is 24.5 Å². The molecule has 2 unspecified atom stereocenters. The van der Waals surface area contributed by atoms with Gasteiger partial charge in [-0.15, -0.1) is 0 Å². The Bertz CT molecular complexity index is 352. The number of nitrogens with zero attached hydrogens (tertiary/aromatic N) is 1. The molecular weight excluding hydrogens is 236 g/mol. The number of aliphatic carboxylic acids is 1. The number of carbonyl (C=O) groups is 2. The predicted octanol–water partition coefficient (Wildman–Crippen LogP) is -0.313. The molecule has 2 saturated heterocycles. The molecule has 0 aromatic rings. The van der Waals surface area contributed by atoms with E-state index in [1.54, 1.807) is 4.90 Å². The summed E-state index contributed by atoms with van der Waals surface area (Å²) < 4.78 is 5.29. The zero-order chi connectivity index (χ0) is 13.3. The first kappa shape index (κ1) is 13.3. The summed E-state index contributed by atoms with van der Waals surface area (Å²) in [7, 11) is 0. The number of rotatable bonds is 4. The van der Waals surface area contributed by atoms with Crippen LogP contribution in [0.1, 0.15) is 20.3 Å². The highest BCUT2D eigenvalue weighted by atomic mass is 16.5. The fraction of sp³-hybridized carbons (Fsp3) is 0.833. The van der Waals surface area contributed by atoms with E-state index in [1.165, 1.54) is 0 Å². The number of ether oxygens (including phenoxy) is 1. The van der Waals surface area contributed by atoms with Crippen LogP contribution in [0.3, 0.4) is 0 Å². The van der Waals surface area contributed by atoms with Gasteiger partial charge in [-0.05, 0) is 26.8 Å². The number of nitrogens with one attached hydrogen (secondary N) is 1. The van der Waals surface area contributed by atoms with Gasteiger partial charge in [-0.1, -0.05) is 0 Å². The third-order valence-corrected chi connectivity index (χ3v) is 3.75. The lowest BCUT2D eigenvalue weighted by atomic mass is 9.92. The van der Waals surface area contributed by atoms with E-state index < -0.39 is 11.6 Å². The summed E-state index contributed by atoms with van der Waals surface area (Å²) in [5.41, 5.74) is -0.497. The molecule has 18 heavy (non-hydrogen) atoms. The van der Waals surface area contributed by atoms with Crippen molar-refractivity contribution in [3.05, 3.63) is 0 Å². The number of likely N-dealkylation sites (tertiary alicyclic amines) is 1. The number of carbonyl (C=O) groups excluding carboxylic acids is 1. The summed E-state index contributed by atoms with van der Waals surface area (Å²) in [4.78, 5) is 24.4. The number of amides is 1. The van der Waals surface area contributed by atoms with Crippen molar-refractivity contribution in [3.63, 3.8) is 0 Å². The van der Waals surface area contributed by atoms with Crippen LogP contribution in [-0.2, 0) is 14.3 Å². The van der Waals surface area contributed by atoms with Gasteiger partial charge in [0.15, 0.2) is 0 Å². The highest BCUT2D eigenvalue weighted by Gasteiger charge is 2.45. The minimum absolute atomic E-state index is 0.0500. The quantitative estimate of drug-likeness (QED) is 0.721. The molecule has 0 bridgehead atoms. The van der Waals surface area contributed by atoms with Crippen LogP contribution in [0.5, 0.6) is 0 Å². The van der Waals surface area contributed by atoms with Crippen molar-refractivity contribution < 1.29 is 19.4 Å². The van der Waals surface area contributed by atoms with Gasteiger partial charge in [0.1, 0.15) is 12.2 Å². The number of hydrogen-bond acceptors (Lipinski definition) is 4. The second kappa shape index (κ2) is 4.85. The Labute approximate surface area is 106 Å². The Hall–Kier alpha value is -1.14. The van der Waals surface area contributed by atoms with Gasteiger partial charge in [-0.3, -0.25) is 4.79 Å². The van der Waals surface area contributed by atoms with Crippen molar-refractivity contribution in [1.29, 1.82) is 0 Å². The normalized spacial score (nSPS) is 30.0. The van der Waals surface area contributed by atoms with Gasteiger partial charge in [-0.25, -0.2) is 4.79 Å². The zero-order valence-corrected chi connectivity index (χ0v) is 10.8. The average molecular weight is 256 g/mol. The van der Waals surface area contributed by atoms with E-state index in [0.717, 1.165) is 13.0 Å². The van der Waals surface area contributed by atoms with Crippen molar-refractivity contribution in [1.82, 2.24) is 10.2 Å². The van der Waals surface area contributed by atoms with Crippen LogP contribution < -0.4 is 5.32 Å². The minimum Gasteiger partial charge on any atom is -0.480 e. The van der Waals surface area contributed by atoms with Crippen molar-refractivity contribution in [2.24, 2.45) is 5.92 Å². The maximum absolute atomic E-state index is 12.2. The summed E-state index contributed by atoms with van der Waals surface area (Å²) in [6, 6.07) is 0.226. The lowest BCUT2D eigenvalue weighted by Gasteiger charge is -2.48. The highest BCUT2D eigenvalue weighted by Crippen LogP contribution is 2.28. The van der Waals surface area contributed by atoms with E-state index in [1.807, 2.05) is 13.8 Å². The van der Waals surface area contributed by atoms with Crippen molar-refractivity contribution in [3.8, 4) is 0 Å². The third kappa shape index (κ3) is 2.64. The first-order valence-corrected chi connectivity index (χ1v) is 6.29. The first-order chi connectivity index (χ1) is 8.41. The van der Waals surface area contributed by atoms with Crippen molar-refractivity contribution in [2.75, 3.05) is 26.2 Å². The molecule has 2 rings (SSSR count). The van der Waals surface area contributed by atoms with Crippen LogP contribution in [0.25, 0.3) is 0 Å². The molecule has 0 aromatic heterocycles. The molecule has 0 aliphatic carbocycles. The molecule has 2 heterocycles. The Morgan fingerprint density at radius 2 is 2.17 bits per heavy atom. The first-order valence-electron chi connectivity index (χ1n) is 6.29. The standard InChI is InChI=1S/C12H20N2O4/c1-8-9(3-4-13-8)11(17)14-6-12(2,7-14)18-5-10(15)16/h8-9,13H,3-7H2,1-2H3,(H,15,16). The highest BCUT2D eigenvalue weighted by molar-refractivity contribution is 5.81. The number of carboxylic acid groups (broad SMARTS) is 1. The Morgan fingerprint density at radius 1 is 1.50 bits per heavy atom. The fourth-order valence-electron chi connectivity index (χ4n) is 2.67. The summed E-state index contributed by atoms with van der Waals surface area (Å²) in [5, 5.41) is 11.8. The molecule has 0 saturated carbocycles. The minimum atomic E-state index is -0.977. The van der Waals surface area contributed by atoms with Gasteiger partial charge in [0.25, 0.3) is 0 Å². The molecular formula is C12H20N2O4. The van der Waals surface area contributed by atoms with Gasteiger partial charge < -0.3 is 20.1 Å². The Morgan fingerprint density at radius 3 is 2.67 bits per heavy atom. The third-order valence-electron chi connectivity index (χ3n) is 3.75. The van der Waals surface area contributed by atoms with E-state index in [9.17, 15) is 9.59 Å². The maximum atomic E-state index is 12.2. The summed E-state index contributed by atoms with van der Waals surface area (Å²) in [5.74, 6) is -0.771. The van der Waals surface area contributed by atoms with Crippen LogP contribution in [0.4, 0.5) is 0 Å². The summed E-state index contributed by atoms with van der Waals surface area (Å²) in [6.45, 7) is 5.42. The van der Waals surface area contributed by atoms with Gasteiger partial charge in [0.2, 0.25) is 5.91 Å². The summed E-state index contributed by atoms with van der Waals surface area (Å²) in [6.07, 6.45) is 0.878. The van der Waals surface area contributed by atoms with Crippen LogP contribution in [0.2, 0.25) is 0 Å². The van der Waals surface area contributed by atoms with Crippen LogP contribution >= 0.6 is 0 Å². The van der Waals surface area contributed by atoms with E-state index in [0.29, 0.717) is 13.1 Å². The molecule has 0 spiro atoms. The summed E-state index contributed by atoms with van der Waals surface area (Å²) >= 11 is 0. The Kier molecular flexibility index (Phi) is 3.59. The molecule has 6 nitrogen and oxygen atoms in total. The maximum Gasteiger partial charge on any atom is 0.329 e. The SMILES string of the molecule is CC1NCCC1C(=O)N1CC(C)(OCC(=O)O)C1. The van der Waals surface area contributed by atoms with Crippen LogP contribution in [0, 0.1) is 5.92 Å². The van der Waals surface area contributed by atoms with E-state index in [2.05, 4.69) is 5.32 Å². The van der Waals surface area contributed by atoms with Crippen molar-refractivity contribution >= 4 is 11.9 Å². The molecule has 0 aromatic carbocycles. The molecule has 0 radical (unpaired) electrons. The lowest BCUT2D eigenvalue weighted by Crippen LogP contribution is -2.64. The molecule has 2 N–H and O–H groups in total. The van der Waals surface area contributed by atoms with Gasteiger partial charge in [-0.2, -0.15) is 0 Å². The molecule has 2 atom stereocenters. The molecule has 2 aliphatic heterocycles. The van der Waals surface area contributed by atoms with Crippen molar-refractivity contribution in [2.45, 2.75) is 31.9 Å². The van der Waals surface area contributed by atoms with Gasteiger partial charge in [0.05, 0.1) is 19.0 Å². The smallest absolute Gasteiger partial charge is 0.329 e. The van der Waals surface area contributed by atoms with Crippen LogP contribution in [-0.4, -0.2) is 59.8 Å². The molecule has 102 valence electrons. The molecule has 2 fully saturated rings. The topological polar surface area (TPSA) is 78.9 Å². The van der Waals surface area contributed by atoms with Gasteiger partial charge >= 0.3 is 5.97 Å². The largest absolute Gasteiger partial charge is 0.480 e. The lowest BCUT2D eigenvalue weighted by molar-refractivity contribution is -0.175. The fourth-order valence-corrected chi connectivity index (χ4v) is 2.67. The average Bonchev–Trinajstić information content (AvgIpc) is 2.68. The second-order valence-corrected chi connectivity index (χ2v) is 5.46. The van der Waals surface area contributed by atoms with Crippen LogP contribution in [0.15, 0.2) is 0 Å². The molecule has 1 amide bonds. The van der Waals surface area contributed by atoms with E-state index in [4.69, 9.17) is 9.84 Å². The van der Waals surface area contributed by atoms with E-state index >= 15 is 0 Å². The Balaban J connectivity index is 1.81. The monoisotopic (exact) mass is 256 g/mol. The molecule has 6 heteroatoms. The number of hydrogen-bond donors (Lipinski definition) is 2.